The van der Waals surface area contributed by atoms with Crippen LogP contribution in [0.15, 0.2) is 67.0 Å². The summed E-state index contributed by atoms with van der Waals surface area (Å²) in [6, 6.07) is 17.9. The summed E-state index contributed by atoms with van der Waals surface area (Å²) in [7, 11) is 0. The first-order chi connectivity index (χ1) is 14.2. The maximum absolute atomic E-state index is 12.8. The van der Waals surface area contributed by atoms with E-state index in [9.17, 15) is 4.79 Å². The Kier molecular flexibility index (Phi) is 6.20. The highest BCUT2D eigenvalue weighted by Crippen LogP contribution is 2.32. The number of rotatable bonds is 5. The molecule has 1 aromatic heterocycles. The second-order valence-corrected chi connectivity index (χ2v) is 7.90. The summed E-state index contributed by atoms with van der Waals surface area (Å²) in [5, 5.41) is 0.681. The normalized spacial score (nSPS) is 16.6. The molecule has 1 aliphatic rings. The Bertz CT molecular complexity index is 977. The van der Waals surface area contributed by atoms with Crippen molar-refractivity contribution in [1.29, 1.82) is 0 Å². The number of hydrogen-bond donors (Lipinski definition) is 0. The molecule has 0 radical (unpaired) electrons. The third kappa shape index (κ3) is 4.83. The molecule has 0 N–H and O–H groups in total. The van der Waals surface area contributed by atoms with E-state index in [1.54, 1.807) is 12.4 Å². The molecule has 0 aliphatic carbocycles. The number of nitrogens with zero attached hydrogens (tertiary/aromatic N) is 3. The van der Waals surface area contributed by atoms with E-state index in [4.69, 9.17) is 11.6 Å². The van der Waals surface area contributed by atoms with E-state index in [-0.39, 0.29) is 11.8 Å². The van der Waals surface area contributed by atoms with Gasteiger partial charge in [0.1, 0.15) is 0 Å². The van der Waals surface area contributed by atoms with Crippen LogP contribution in [0, 0.1) is 0 Å². The van der Waals surface area contributed by atoms with Crippen molar-refractivity contribution >= 4 is 17.5 Å². The smallest absolute Gasteiger partial charge is 0.222 e. The van der Waals surface area contributed by atoms with Crippen molar-refractivity contribution in [2.24, 2.45) is 0 Å². The highest BCUT2D eigenvalue weighted by Gasteiger charge is 2.27. The summed E-state index contributed by atoms with van der Waals surface area (Å²) >= 11 is 6.18. The lowest BCUT2D eigenvalue weighted by Crippen LogP contribution is -2.39. The van der Waals surface area contributed by atoms with Gasteiger partial charge in [-0.15, -0.1) is 0 Å². The zero-order valence-electron chi connectivity index (χ0n) is 16.3. The number of likely N-dealkylation sites (tertiary alicyclic amines) is 1. The lowest BCUT2D eigenvalue weighted by atomic mass is 9.91. The standard InChI is InChI=1S/C24H24ClN3O/c25-21-10-4-8-19(16-21)23-24(27-14-13-26-23)20-9-5-15-28(17-20)22(29)12-11-18-6-2-1-3-7-18/h1-4,6-8,10,13-14,16,20H,5,9,11-12,15,17H2. The molecule has 0 bridgehead atoms. The van der Waals surface area contributed by atoms with E-state index >= 15 is 0 Å². The average molecular weight is 406 g/mol. The van der Waals surface area contributed by atoms with Gasteiger partial charge in [0, 0.05) is 48.4 Å². The number of amides is 1. The van der Waals surface area contributed by atoms with Gasteiger partial charge in [-0.05, 0) is 37.0 Å². The summed E-state index contributed by atoms with van der Waals surface area (Å²) in [4.78, 5) is 24.1. The Morgan fingerprint density at radius 2 is 1.90 bits per heavy atom. The molecule has 5 heteroatoms. The number of aromatic nitrogens is 2. The Hall–Kier alpha value is -2.72. The predicted molar refractivity (Wildman–Crippen MR) is 116 cm³/mol. The monoisotopic (exact) mass is 405 g/mol. The van der Waals surface area contributed by atoms with Crippen LogP contribution in [0.5, 0.6) is 0 Å². The highest BCUT2D eigenvalue weighted by molar-refractivity contribution is 6.30. The molecular weight excluding hydrogens is 382 g/mol. The fourth-order valence-corrected chi connectivity index (χ4v) is 4.18. The van der Waals surface area contributed by atoms with Crippen molar-refractivity contribution in [3.05, 3.63) is 83.3 Å². The molecule has 0 spiro atoms. The molecule has 1 amide bonds. The van der Waals surface area contributed by atoms with Crippen LogP contribution in [0.1, 0.15) is 36.4 Å². The number of carbonyl (C=O) groups excluding carboxylic acids is 1. The van der Waals surface area contributed by atoms with Gasteiger partial charge >= 0.3 is 0 Å². The molecule has 2 aromatic carbocycles. The highest BCUT2D eigenvalue weighted by atomic mass is 35.5. The van der Waals surface area contributed by atoms with Gasteiger partial charge in [-0.3, -0.25) is 14.8 Å². The SMILES string of the molecule is O=C(CCc1ccccc1)N1CCCC(c2nccnc2-c2cccc(Cl)c2)C1. The Labute approximate surface area is 176 Å². The minimum atomic E-state index is 0.187. The molecule has 1 atom stereocenters. The predicted octanol–water partition coefficient (Wildman–Crippen LogP) is 5.14. The molecule has 148 valence electrons. The molecule has 1 aliphatic heterocycles. The zero-order valence-corrected chi connectivity index (χ0v) is 17.1. The maximum atomic E-state index is 12.8. The molecule has 3 aromatic rings. The first-order valence-electron chi connectivity index (χ1n) is 10.1. The van der Waals surface area contributed by atoms with Crippen molar-refractivity contribution in [1.82, 2.24) is 14.9 Å². The molecule has 4 nitrogen and oxygen atoms in total. The van der Waals surface area contributed by atoms with Crippen LogP contribution in [0.3, 0.4) is 0 Å². The number of piperidine rings is 1. The minimum Gasteiger partial charge on any atom is -0.342 e. The summed E-state index contributed by atoms with van der Waals surface area (Å²) in [6.07, 6.45) is 6.75. The summed E-state index contributed by atoms with van der Waals surface area (Å²) in [5.74, 6) is 0.402. The van der Waals surface area contributed by atoms with Gasteiger partial charge in [-0.2, -0.15) is 0 Å². The van der Waals surface area contributed by atoms with Crippen molar-refractivity contribution in [3.63, 3.8) is 0 Å². The molecule has 1 fully saturated rings. The molecule has 4 rings (SSSR count). The number of benzene rings is 2. The van der Waals surface area contributed by atoms with Crippen molar-refractivity contribution in [3.8, 4) is 11.3 Å². The summed E-state index contributed by atoms with van der Waals surface area (Å²) in [5.41, 5.74) is 3.98. The fourth-order valence-electron chi connectivity index (χ4n) is 3.99. The minimum absolute atomic E-state index is 0.187. The first kappa shape index (κ1) is 19.6. The topological polar surface area (TPSA) is 46.1 Å². The second kappa shape index (κ2) is 9.19. The van der Waals surface area contributed by atoms with E-state index in [0.29, 0.717) is 18.0 Å². The third-order valence-corrected chi connectivity index (χ3v) is 5.69. The van der Waals surface area contributed by atoms with Crippen LogP contribution in [0.2, 0.25) is 5.02 Å². The first-order valence-corrected chi connectivity index (χ1v) is 10.5. The molecular formula is C24H24ClN3O. The number of halogens is 1. The van der Waals surface area contributed by atoms with Crippen molar-refractivity contribution in [2.45, 2.75) is 31.6 Å². The van der Waals surface area contributed by atoms with E-state index in [1.807, 2.05) is 47.4 Å². The van der Waals surface area contributed by atoms with Gasteiger partial charge in [0.15, 0.2) is 0 Å². The van der Waals surface area contributed by atoms with Gasteiger partial charge in [0.2, 0.25) is 5.91 Å². The van der Waals surface area contributed by atoms with Crippen molar-refractivity contribution in [2.75, 3.05) is 13.1 Å². The number of aryl methyl sites for hydroxylation is 1. The molecule has 1 unspecified atom stereocenters. The zero-order chi connectivity index (χ0) is 20.1. The van der Waals surface area contributed by atoms with Gasteiger partial charge in [0.25, 0.3) is 0 Å². The Balaban J connectivity index is 1.48. The summed E-state index contributed by atoms with van der Waals surface area (Å²) < 4.78 is 0. The molecule has 1 saturated heterocycles. The van der Waals surface area contributed by atoms with Crippen LogP contribution in [-0.2, 0) is 11.2 Å². The van der Waals surface area contributed by atoms with E-state index in [1.165, 1.54) is 5.56 Å². The van der Waals surface area contributed by atoms with Crippen LogP contribution in [-0.4, -0.2) is 33.9 Å². The lowest BCUT2D eigenvalue weighted by Gasteiger charge is -2.33. The number of hydrogen-bond acceptors (Lipinski definition) is 3. The van der Waals surface area contributed by atoms with Crippen LogP contribution < -0.4 is 0 Å². The maximum Gasteiger partial charge on any atom is 0.222 e. The van der Waals surface area contributed by atoms with Crippen LogP contribution in [0.25, 0.3) is 11.3 Å². The van der Waals surface area contributed by atoms with Gasteiger partial charge in [-0.1, -0.05) is 54.1 Å². The molecule has 29 heavy (non-hydrogen) atoms. The average Bonchev–Trinajstić information content (AvgIpc) is 2.78. The summed E-state index contributed by atoms with van der Waals surface area (Å²) in [6.45, 7) is 1.51. The van der Waals surface area contributed by atoms with Crippen LogP contribution in [0.4, 0.5) is 0 Å². The van der Waals surface area contributed by atoms with Crippen molar-refractivity contribution < 1.29 is 4.79 Å². The van der Waals surface area contributed by atoms with E-state index < -0.39 is 0 Å². The largest absolute Gasteiger partial charge is 0.342 e. The van der Waals surface area contributed by atoms with Gasteiger partial charge in [-0.25, -0.2) is 0 Å². The fraction of sp³-hybridized carbons (Fsp3) is 0.292. The van der Waals surface area contributed by atoms with Crippen LogP contribution >= 0.6 is 11.6 Å². The molecule has 0 saturated carbocycles. The van der Waals surface area contributed by atoms with Gasteiger partial charge in [0.05, 0.1) is 11.4 Å². The quantitative estimate of drug-likeness (QED) is 0.590. The lowest BCUT2D eigenvalue weighted by molar-refractivity contribution is -0.132. The Morgan fingerprint density at radius 3 is 2.72 bits per heavy atom. The Morgan fingerprint density at radius 1 is 1.07 bits per heavy atom. The second-order valence-electron chi connectivity index (χ2n) is 7.47. The van der Waals surface area contributed by atoms with E-state index in [0.717, 1.165) is 42.8 Å². The number of carbonyl (C=O) groups is 1. The molecule has 2 heterocycles. The van der Waals surface area contributed by atoms with Gasteiger partial charge < -0.3 is 4.90 Å². The third-order valence-electron chi connectivity index (χ3n) is 5.46. The van der Waals surface area contributed by atoms with E-state index in [2.05, 4.69) is 22.1 Å².